The van der Waals surface area contributed by atoms with Crippen molar-refractivity contribution in [1.29, 1.82) is 0 Å². The summed E-state index contributed by atoms with van der Waals surface area (Å²) < 4.78 is 5.07. The van der Waals surface area contributed by atoms with Crippen LogP contribution in [0.2, 0.25) is 0 Å². The quantitative estimate of drug-likeness (QED) is 0.297. The van der Waals surface area contributed by atoms with Crippen molar-refractivity contribution in [2.75, 3.05) is 33.8 Å². The average molecular weight is 483 g/mol. The summed E-state index contributed by atoms with van der Waals surface area (Å²) in [5.74, 6) is -4.59. The van der Waals surface area contributed by atoms with Crippen LogP contribution in [0.1, 0.15) is 74.1 Å². The van der Waals surface area contributed by atoms with Crippen LogP contribution in [0.4, 0.5) is 0 Å². The van der Waals surface area contributed by atoms with Gasteiger partial charge in [-0.05, 0) is 57.7 Å². The molecule has 8 heteroatoms. The van der Waals surface area contributed by atoms with E-state index in [2.05, 4.69) is 0 Å². The number of hydrogen-bond donors (Lipinski definition) is 1. The van der Waals surface area contributed by atoms with Crippen molar-refractivity contribution in [3.8, 4) is 0 Å². The smallest absolute Gasteiger partial charge is 0.309 e. The normalized spacial score (nSPS) is 21.2. The topological polar surface area (TPSA) is 104 Å². The zero-order valence-electron chi connectivity index (χ0n) is 22.6. The van der Waals surface area contributed by atoms with E-state index in [0.29, 0.717) is 25.8 Å². The summed E-state index contributed by atoms with van der Waals surface area (Å²) in [6.07, 6.45) is 2.26. The van der Waals surface area contributed by atoms with Gasteiger partial charge in [-0.2, -0.15) is 0 Å². The Balaban J connectivity index is 3.15. The van der Waals surface area contributed by atoms with E-state index in [1.807, 2.05) is 53.6 Å². The van der Waals surface area contributed by atoms with Crippen molar-refractivity contribution in [2.45, 2.75) is 74.1 Å². The molecule has 2 amide bonds. The lowest BCUT2D eigenvalue weighted by Gasteiger charge is -2.37. The standard InChI is InChI=1S/C26H46N2O6/c1-10-25(4,5)20-18(21(29)28(22(20)30)16-12-15-27(8)9)13-14-26(6,7)19(23(31)32)17(3)24(33)34-11-2/h17-20H,10-16H2,1-9H3,(H,31,32). The maximum absolute atomic E-state index is 13.4. The van der Waals surface area contributed by atoms with E-state index in [0.717, 1.165) is 13.0 Å². The third-order valence-electron chi connectivity index (χ3n) is 7.62. The number of amides is 2. The molecule has 0 radical (unpaired) electrons. The highest BCUT2D eigenvalue weighted by atomic mass is 16.5. The van der Waals surface area contributed by atoms with Gasteiger partial charge in [-0.25, -0.2) is 0 Å². The third kappa shape index (κ3) is 7.03. The molecule has 8 nitrogen and oxygen atoms in total. The summed E-state index contributed by atoms with van der Waals surface area (Å²) in [7, 11) is 3.91. The van der Waals surface area contributed by atoms with Crippen LogP contribution in [0.3, 0.4) is 0 Å². The predicted molar refractivity (Wildman–Crippen MR) is 131 cm³/mol. The lowest BCUT2D eigenvalue weighted by atomic mass is 9.65. The van der Waals surface area contributed by atoms with E-state index in [-0.39, 0.29) is 23.8 Å². The second-order valence-electron chi connectivity index (χ2n) is 11.3. The molecule has 34 heavy (non-hydrogen) atoms. The van der Waals surface area contributed by atoms with Crippen LogP contribution < -0.4 is 0 Å². The van der Waals surface area contributed by atoms with Gasteiger partial charge < -0.3 is 14.7 Å². The van der Waals surface area contributed by atoms with E-state index >= 15 is 0 Å². The highest BCUT2D eigenvalue weighted by Gasteiger charge is 2.53. The first-order chi connectivity index (χ1) is 15.6. The van der Waals surface area contributed by atoms with Gasteiger partial charge in [0.1, 0.15) is 0 Å². The molecular weight excluding hydrogens is 436 g/mol. The van der Waals surface area contributed by atoms with Gasteiger partial charge in [-0.1, -0.05) is 48.0 Å². The molecule has 196 valence electrons. The van der Waals surface area contributed by atoms with Crippen molar-refractivity contribution in [2.24, 2.45) is 34.5 Å². The lowest BCUT2D eigenvalue weighted by Crippen LogP contribution is -2.41. The van der Waals surface area contributed by atoms with Gasteiger partial charge in [0.05, 0.1) is 30.3 Å². The van der Waals surface area contributed by atoms with E-state index in [1.165, 1.54) is 4.90 Å². The molecular formula is C26H46N2O6. The van der Waals surface area contributed by atoms with Gasteiger partial charge in [-0.15, -0.1) is 0 Å². The minimum Gasteiger partial charge on any atom is -0.481 e. The Bertz CT molecular complexity index is 746. The number of carbonyl (C=O) groups is 4. The van der Waals surface area contributed by atoms with Crippen molar-refractivity contribution in [3.63, 3.8) is 0 Å². The fourth-order valence-electron chi connectivity index (χ4n) is 5.26. The summed E-state index contributed by atoms with van der Waals surface area (Å²) in [6, 6.07) is 0. The molecule has 0 spiro atoms. The Kier molecular flexibility index (Phi) is 10.7. The van der Waals surface area contributed by atoms with E-state index in [9.17, 15) is 24.3 Å². The van der Waals surface area contributed by atoms with E-state index < -0.39 is 41.0 Å². The summed E-state index contributed by atoms with van der Waals surface area (Å²) >= 11 is 0. The molecule has 1 N–H and O–H groups in total. The maximum Gasteiger partial charge on any atom is 0.309 e. The zero-order chi connectivity index (χ0) is 26.4. The van der Waals surface area contributed by atoms with Crippen LogP contribution >= 0.6 is 0 Å². The molecule has 4 atom stereocenters. The van der Waals surface area contributed by atoms with Crippen LogP contribution in [-0.4, -0.2) is 72.5 Å². The van der Waals surface area contributed by atoms with Crippen LogP contribution in [0, 0.1) is 34.5 Å². The molecule has 0 aromatic heterocycles. The zero-order valence-corrected chi connectivity index (χ0v) is 22.6. The number of nitrogens with zero attached hydrogens (tertiary/aromatic N) is 2. The molecule has 0 aliphatic carbocycles. The molecule has 0 aromatic carbocycles. The molecule has 1 heterocycles. The van der Waals surface area contributed by atoms with Gasteiger partial charge in [-0.3, -0.25) is 24.1 Å². The monoisotopic (exact) mass is 482 g/mol. The highest BCUT2D eigenvalue weighted by molar-refractivity contribution is 6.05. The van der Waals surface area contributed by atoms with Crippen molar-refractivity contribution in [1.82, 2.24) is 9.80 Å². The second kappa shape index (κ2) is 12.1. The molecule has 0 bridgehead atoms. The lowest BCUT2D eigenvalue weighted by molar-refractivity contribution is -0.161. The van der Waals surface area contributed by atoms with Gasteiger partial charge in [0.25, 0.3) is 0 Å². The van der Waals surface area contributed by atoms with E-state index in [1.54, 1.807) is 13.8 Å². The first-order valence-corrected chi connectivity index (χ1v) is 12.5. The Morgan fingerprint density at radius 3 is 2.18 bits per heavy atom. The first kappa shape index (κ1) is 30.1. The molecule has 1 aliphatic heterocycles. The highest BCUT2D eigenvalue weighted by Crippen LogP contribution is 2.46. The van der Waals surface area contributed by atoms with Crippen LogP contribution in [0.5, 0.6) is 0 Å². The van der Waals surface area contributed by atoms with Crippen LogP contribution in [0.25, 0.3) is 0 Å². The minimum absolute atomic E-state index is 0.118. The maximum atomic E-state index is 13.4. The number of carbonyl (C=O) groups excluding carboxylic acids is 3. The van der Waals surface area contributed by atoms with Crippen molar-refractivity contribution >= 4 is 23.8 Å². The van der Waals surface area contributed by atoms with Crippen LogP contribution in [0.15, 0.2) is 0 Å². The summed E-state index contributed by atoms with van der Waals surface area (Å²) in [5, 5.41) is 9.94. The number of ether oxygens (including phenoxy) is 1. The Hall–Kier alpha value is -1.96. The molecule has 0 aromatic rings. The molecule has 0 saturated carbocycles. The van der Waals surface area contributed by atoms with Crippen molar-refractivity contribution in [3.05, 3.63) is 0 Å². The van der Waals surface area contributed by atoms with Gasteiger partial charge in [0, 0.05) is 6.54 Å². The Morgan fingerprint density at radius 2 is 1.71 bits per heavy atom. The molecule has 1 aliphatic rings. The number of esters is 1. The van der Waals surface area contributed by atoms with Gasteiger partial charge in [0.15, 0.2) is 0 Å². The van der Waals surface area contributed by atoms with Crippen molar-refractivity contribution < 1.29 is 29.0 Å². The Labute approximate surface area is 205 Å². The summed E-state index contributed by atoms with van der Waals surface area (Å²) in [5.41, 5.74) is -1.14. The number of rotatable bonds is 14. The van der Waals surface area contributed by atoms with Crippen LogP contribution in [-0.2, 0) is 23.9 Å². The number of imide groups is 1. The van der Waals surface area contributed by atoms with Gasteiger partial charge in [0.2, 0.25) is 11.8 Å². The first-order valence-electron chi connectivity index (χ1n) is 12.5. The Morgan fingerprint density at radius 1 is 1.12 bits per heavy atom. The fourth-order valence-corrected chi connectivity index (χ4v) is 5.26. The second-order valence-corrected chi connectivity index (χ2v) is 11.3. The number of carboxylic acids is 1. The number of carboxylic acid groups (broad SMARTS) is 1. The number of hydrogen-bond acceptors (Lipinski definition) is 6. The number of aliphatic carboxylic acids is 1. The summed E-state index contributed by atoms with van der Waals surface area (Å²) in [6.45, 7) is 14.3. The van der Waals surface area contributed by atoms with E-state index in [4.69, 9.17) is 4.74 Å². The largest absolute Gasteiger partial charge is 0.481 e. The third-order valence-corrected chi connectivity index (χ3v) is 7.62. The summed E-state index contributed by atoms with van der Waals surface area (Å²) in [4.78, 5) is 54.7. The average Bonchev–Trinajstić information content (AvgIpc) is 2.96. The molecule has 1 rings (SSSR count). The number of likely N-dealkylation sites (tertiary alicyclic amines) is 1. The molecule has 1 saturated heterocycles. The molecule has 1 fully saturated rings. The minimum atomic E-state index is -1.06. The fraction of sp³-hybridized carbons (Fsp3) is 0.846. The predicted octanol–water partition coefficient (Wildman–Crippen LogP) is 3.68. The molecule has 4 unspecified atom stereocenters. The van der Waals surface area contributed by atoms with Gasteiger partial charge >= 0.3 is 11.9 Å². The SMILES string of the molecule is CCOC(=O)C(C)C(C(=O)O)C(C)(C)CCC1C(=O)N(CCCN(C)C)C(=O)C1C(C)(C)CC.